The van der Waals surface area contributed by atoms with E-state index >= 15 is 0 Å². The summed E-state index contributed by atoms with van der Waals surface area (Å²) >= 11 is 0. The summed E-state index contributed by atoms with van der Waals surface area (Å²) < 4.78 is 4.36. The zero-order chi connectivity index (χ0) is 21.2. The van der Waals surface area contributed by atoms with Gasteiger partial charge in [0.25, 0.3) is 0 Å². The molecule has 1 heterocycles. The molecule has 0 saturated carbocycles. The van der Waals surface area contributed by atoms with Crippen LogP contribution in [0.4, 0.5) is 0 Å². The van der Waals surface area contributed by atoms with Gasteiger partial charge in [-0.25, -0.2) is 18.7 Å². The summed E-state index contributed by atoms with van der Waals surface area (Å²) in [6.45, 7) is 5.63. The summed E-state index contributed by atoms with van der Waals surface area (Å²) in [5.74, 6) is -3.53. The zero-order valence-corrected chi connectivity index (χ0v) is 16.7. The molecule has 154 valence electrons. The van der Waals surface area contributed by atoms with Gasteiger partial charge in [0, 0.05) is 17.6 Å². The lowest BCUT2D eigenvalue weighted by Gasteiger charge is -1.98. The van der Waals surface area contributed by atoms with Gasteiger partial charge in [0.1, 0.15) is 12.4 Å². The first-order valence-corrected chi connectivity index (χ1v) is 8.93. The number of carbonyl (C=O) groups is 3. The Morgan fingerprint density at radius 3 is 1.96 bits per heavy atom. The number of aryl methyl sites for hydroxylation is 2. The number of hydrogen-bond acceptors (Lipinski definition) is 4. The quantitative estimate of drug-likeness (QED) is 0.378. The van der Waals surface area contributed by atoms with Crippen LogP contribution in [0.15, 0.2) is 30.4 Å². The molecule has 0 saturated heterocycles. The first-order valence-electron chi connectivity index (χ1n) is 8.93. The van der Waals surface area contributed by atoms with Crippen molar-refractivity contribution < 1.29 is 34.3 Å². The SMILES string of the molecule is C/C(=C/C(=O)O)C(=O)O.CC(=O)[O-].CCCCCCCC[n+]1ccn(C)c1. The van der Waals surface area contributed by atoms with E-state index in [2.05, 4.69) is 41.8 Å². The van der Waals surface area contributed by atoms with Crippen LogP contribution in [-0.2, 0) is 28.0 Å². The largest absolute Gasteiger partial charge is 0.550 e. The van der Waals surface area contributed by atoms with Gasteiger partial charge in [0.05, 0.1) is 13.6 Å². The maximum Gasteiger partial charge on any atom is 0.331 e. The number of carboxylic acids is 3. The van der Waals surface area contributed by atoms with Gasteiger partial charge in [-0.3, -0.25) is 0 Å². The van der Waals surface area contributed by atoms with Crippen LogP contribution in [0, 0.1) is 0 Å². The number of hydrogen-bond donors (Lipinski definition) is 2. The molecular weight excluding hydrogens is 352 g/mol. The van der Waals surface area contributed by atoms with Gasteiger partial charge in [-0.1, -0.05) is 32.6 Å². The second-order valence-corrected chi connectivity index (χ2v) is 6.05. The van der Waals surface area contributed by atoms with Crippen molar-refractivity contribution in [2.75, 3.05) is 0 Å². The second kappa shape index (κ2) is 16.8. The van der Waals surface area contributed by atoms with Gasteiger partial charge >= 0.3 is 11.9 Å². The molecule has 0 aliphatic heterocycles. The highest BCUT2D eigenvalue weighted by Gasteiger charge is 2.00. The Morgan fingerprint density at radius 2 is 1.59 bits per heavy atom. The maximum absolute atomic E-state index is 9.90. The highest BCUT2D eigenvalue weighted by molar-refractivity contribution is 5.93. The van der Waals surface area contributed by atoms with Crippen LogP contribution in [0.3, 0.4) is 0 Å². The predicted molar refractivity (Wildman–Crippen MR) is 98.7 cm³/mol. The van der Waals surface area contributed by atoms with E-state index in [1.165, 1.54) is 52.0 Å². The molecule has 0 aliphatic carbocycles. The molecule has 8 heteroatoms. The fraction of sp³-hybridized carbons (Fsp3) is 0.579. The predicted octanol–water partition coefficient (Wildman–Crippen LogP) is 1.53. The van der Waals surface area contributed by atoms with Crippen LogP contribution in [0.1, 0.15) is 59.3 Å². The number of carbonyl (C=O) groups excluding carboxylic acids is 1. The van der Waals surface area contributed by atoms with Gasteiger partial charge < -0.3 is 20.1 Å². The molecule has 0 aromatic carbocycles. The minimum absolute atomic E-state index is 0.178. The van der Waals surface area contributed by atoms with Crippen molar-refractivity contribution in [3.8, 4) is 0 Å². The van der Waals surface area contributed by atoms with Gasteiger partial charge in [0.15, 0.2) is 0 Å². The molecule has 1 aromatic heterocycles. The molecule has 0 unspecified atom stereocenters. The topological polar surface area (TPSA) is 124 Å². The van der Waals surface area contributed by atoms with Crippen LogP contribution in [0.25, 0.3) is 0 Å². The molecule has 1 rings (SSSR count). The lowest BCUT2D eigenvalue weighted by atomic mass is 10.1. The molecule has 8 nitrogen and oxygen atoms in total. The normalized spacial score (nSPS) is 10.1. The molecule has 2 N–H and O–H groups in total. The van der Waals surface area contributed by atoms with Crippen LogP contribution in [0.2, 0.25) is 0 Å². The van der Waals surface area contributed by atoms with Crippen molar-refractivity contribution in [3.63, 3.8) is 0 Å². The number of imidazole rings is 1. The summed E-state index contributed by atoms with van der Waals surface area (Å²) in [6.07, 6.45) is 15.3. The molecule has 0 radical (unpaired) electrons. The number of carboxylic acid groups (broad SMARTS) is 3. The van der Waals surface area contributed by atoms with Gasteiger partial charge in [-0.05, 0) is 26.7 Å². The second-order valence-electron chi connectivity index (χ2n) is 6.05. The molecule has 0 bridgehead atoms. The van der Waals surface area contributed by atoms with E-state index in [1.807, 2.05) is 0 Å². The van der Waals surface area contributed by atoms with E-state index in [1.54, 1.807) is 0 Å². The monoisotopic (exact) mass is 384 g/mol. The Labute approximate surface area is 160 Å². The molecule has 0 fully saturated rings. The van der Waals surface area contributed by atoms with Crippen molar-refractivity contribution >= 4 is 17.9 Å². The lowest BCUT2D eigenvalue weighted by molar-refractivity contribution is -0.696. The summed E-state index contributed by atoms with van der Waals surface area (Å²) in [5, 5.41) is 25.0. The van der Waals surface area contributed by atoms with Crippen LogP contribution in [0.5, 0.6) is 0 Å². The van der Waals surface area contributed by atoms with Gasteiger partial charge in [-0.15, -0.1) is 0 Å². The fourth-order valence-corrected chi connectivity index (χ4v) is 1.96. The lowest BCUT2D eigenvalue weighted by Crippen LogP contribution is -2.30. The van der Waals surface area contributed by atoms with Crippen LogP contribution >= 0.6 is 0 Å². The third-order valence-corrected chi connectivity index (χ3v) is 3.27. The highest BCUT2D eigenvalue weighted by Crippen LogP contribution is 2.04. The van der Waals surface area contributed by atoms with Crippen molar-refractivity contribution in [1.29, 1.82) is 0 Å². The first-order chi connectivity index (χ1) is 12.6. The van der Waals surface area contributed by atoms with Crippen molar-refractivity contribution in [3.05, 3.63) is 30.4 Å². The van der Waals surface area contributed by atoms with E-state index in [0.29, 0.717) is 6.08 Å². The van der Waals surface area contributed by atoms with E-state index in [-0.39, 0.29) is 5.57 Å². The Kier molecular flexibility index (Phi) is 16.6. The van der Waals surface area contributed by atoms with E-state index in [0.717, 1.165) is 6.92 Å². The number of unbranched alkanes of at least 4 members (excludes halogenated alkanes) is 5. The highest BCUT2D eigenvalue weighted by atomic mass is 16.4. The molecule has 0 spiro atoms. The minimum atomic E-state index is -1.24. The molecule has 0 aliphatic rings. The Morgan fingerprint density at radius 1 is 1.07 bits per heavy atom. The van der Waals surface area contributed by atoms with E-state index < -0.39 is 17.9 Å². The van der Waals surface area contributed by atoms with Crippen molar-refractivity contribution in [2.24, 2.45) is 7.05 Å². The molecule has 0 amide bonds. The first kappa shape index (κ1) is 26.6. The Hall–Kier alpha value is -2.64. The molecule has 0 atom stereocenters. The van der Waals surface area contributed by atoms with Crippen molar-refractivity contribution in [1.82, 2.24) is 4.57 Å². The number of nitrogens with zero attached hydrogens (tertiary/aromatic N) is 2. The Bertz CT molecular complexity index is 589. The Balaban J connectivity index is 0. The average molecular weight is 384 g/mol. The average Bonchev–Trinajstić information content (AvgIpc) is 2.95. The van der Waals surface area contributed by atoms with Gasteiger partial charge in [-0.2, -0.15) is 0 Å². The maximum atomic E-state index is 9.90. The summed E-state index contributed by atoms with van der Waals surface area (Å²) in [5.41, 5.74) is -0.178. The standard InChI is InChI=1S/C12H23N2.C5H6O4.C2H4O2/c1-3-4-5-6-7-8-9-14-11-10-13(2)12-14;1-3(5(8)9)2-4(6)7;1-2(3)4/h10-12H,3-9H2,1-2H3;2H,1H3,(H,6,7)(H,8,9);1H3,(H,3,4)/q+1;;/p-1/b;3-2-;. The molecular formula is C19H32N2O6. The van der Waals surface area contributed by atoms with Crippen molar-refractivity contribution in [2.45, 2.75) is 65.8 Å². The van der Waals surface area contributed by atoms with E-state index in [4.69, 9.17) is 20.1 Å². The van der Waals surface area contributed by atoms with Crippen LogP contribution < -0.4 is 9.67 Å². The third kappa shape index (κ3) is 21.3. The van der Waals surface area contributed by atoms with Gasteiger partial charge in [0.2, 0.25) is 6.33 Å². The van der Waals surface area contributed by atoms with E-state index in [9.17, 15) is 9.59 Å². The fourth-order valence-electron chi connectivity index (χ4n) is 1.96. The smallest absolute Gasteiger partial charge is 0.331 e. The number of aromatic nitrogens is 2. The molecule has 27 heavy (non-hydrogen) atoms. The number of aliphatic carboxylic acids is 3. The molecule has 1 aromatic rings. The minimum Gasteiger partial charge on any atom is -0.550 e. The van der Waals surface area contributed by atoms with Crippen LogP contribution in [-0.4, -0.2) is 32.7 Å². The summed E-state index contributed by atoms with van der Waals surface area (Å²) in [4.78, 5) is 28.6. The summed E-state index contributed by atoms with van der Waals surface area (Å²) in [6, 6.07) is 0. The number of rotatable bonds is 9. The summed E-state index contributed by atoms with van der Waals surface area (Å²) in [7, 11) is 2.07. The third-order valence-electron chi connectivity index (χ3n) is 3.27. The zero-order valence-electron chi connectivity index (χ0n) is 16.7.